The monoisotopic (exact) mass is 484 g/mol. The van der Waals surface area contributed by atoms with Crippen molar-refractivity contribution in [2.75, 3.05) is 4.72 Å². The van der Waals surface area contributed by atoms with Gasteiger partial charge in [0, 0.05) is 0 Å². The van der Waals surface area contributed by atoms with Crippen molar-refractivity contribution < 1.29 is 13.2 Å². The summed E-state index contributed by atoms with van der Waals surface area (Å²) >= 11 is 6.32. The van der Waals surface area contributed by atoms with Crippen molar-refractivity contribution in [3.8, 4) is 0 Å². The molecule has 3 aromatic carbocycles. The molecule has 0 spiro atoms. The standard InChI is InChI=1S/C26H29ClN2O3S/c1-17-6-13-22(14-7-17)33(31,32)29-21-12-15-23(24(27)16-21)25(30)28-18(2)19-8-10-20(11-9-19)26(3,4)5/h6-16,18,29H,1-5H3,(H,28,30). The molecule has 0 aliphatic rings. The fraction of sp³-hybridized carbons (Fsp3) is 0.269. The summed E-state index contributed by atoms with van der Waals surface area (Å²) in [5, 5.41) is 3.11. The van der Waals surface area contributed by atoms with E-state index in [2.05, 4.69) is 42.9 Å². The number of benzene rings is 3. The van der Waals surface area contributed by atoms with Gasteiger partial charge in [0.15, 0.2) is 0 Å². The van der Waals surface area contributed by atoms with Crippen LogP contribution in [0, 0.1) is 6.92 Å². The molecule has 0 fully saturated rings. The predicted molar refractivity (Wildman–Crippen MR) is 134 cm³/mol. The first-order valence-corrected chi connectivity index (χ1v) is 12.5. The van der Waals surface area contributed by atoms with Gasteiger partial charge in [0.05, 0.1) is 27.2 Å². The van der Waals surface area contributed by atoms with E-state index in [-0.39, 0.29) is 38.5 Å². The van der Waals surface area contributed by atoms with Crippen LogP contribution in [0.15, 0.2) is 71.6 Å². The Labute approximate surface area is 201 Å². The number of rotatable bonds is 6. The Bertz CT molecular complexity index is 1250. The molecule has 0 saturated carbocycles. The van der Waals surface area contributed by atoms with Crippen molar-refractivity contribution >= 4 is 33.2 Å². The zero-order valence-electron chi connectivity index (χ0n) is 19.4. The minimum Gasteiger partial charge on any atom is -0.345 e. The zero-order chi connectivity index (χ0) is 24.4. The van der Waals surface area contributed by atoms with Crippen LogP contribution in [0.5, 0.6) is 0 Å². The number of halogens is 1. The molecule has 7 heteroatoms. The van der Waals surface area contributed by atoms with E-state index in [1.165, 1.54) is 35.9 Å². The zero-order valence-corrected chi connectivity index (χ0v) is 21.0. The summed E-state index contributed by atoms with van der Waals surface area (Å²) in [4.78, 5) is 12.9. The summed E-state index contributed by atoms with van der Waals surface area (Å²) in [5.41, 5.74) is 3.77. The van der Waals surface area contributed by atoms with Gasteiger partial charge < -0.3 is 5.32 Å². The molecule has 2 N–H and O–H groups in total. The second-order valence-electron chi connectivity index (χ2n) is 9.18. The molecule has 0 aliphatic carbocycles. The van der Waals surface area contributed by atoms with Gasteiger partial charge in [-0.25, -0.2) is 8.42 Å². The quantitative estimate of drug-likeness (QED) is 0.435. The lowest BCUT2D eigenvalue weighted by Gasteiger charge is -2.21. The molecule has 3 aromatic rings. The van der Waals surface area contributed by atoms with Crippen molar-refractivity contribution in [3.63, 3.8) is 0 Å². The molecule has 1 atom stereocenters. The van der Waals surface area contributed by atoms with Crippen LogP contribution in [-0.4, -0.2) is 14.3 Å². The minimum absolute atomic E-state index is 0.0568. The Morgan fingerprint density at radius 2 is 1.55 bits per heavy atom. The minimum atomic E-state index is -3.76. The molecule has 0 aliphatic heterocycles. The van der Waals surface area contributed by atoms with Gasteiger partial charge >= 0.3 is 0 Å². The van der Waals surface area contributed by atoms with E-state index in [4.69, 9.17) is 11.6 Å². The van der Waals surface area contributed by atoms with Crippen LogP contribution in [0.1, 0.15) is 60.8 Å². The highest BCUT2D eigenvalue weighted by Gasteiger charge is 2.19. The van der Waals surface area contributed by atoms with Crippen LogP contribution in [0.25, 0.3) is 0 Å². The molecule has 3 rings (SSSR count). The highest BCUT2D eigenvalue weighted by Crippen LogP contribution is 2.26. The summed E-state index contributed by atoms with van der Waals surface area (Å²) in [6.45, 7) is 10.2. The van der Waals surface area contributed by atoms with Crippen molar-refractivity contribution in [3.05, 3.63) is 94.0 Å². The van der Waals surface area contributed by atoms with Gasteiger partial charge in [-0.3, -0.25) is 9.52 Å². The number of amides is 1. The van der Waals surface area contributed by atoms with E-state index in [0.29, 0.717) is 0 Å². The molecule has 0 bridgehead atoms. The number of sulfonamides is 1. The third kappa shape index (κ3) is 6.15. The summed E-state index contributed by atoms with van der Waals surface area (Å²) in [6.07, 6.45) is 0. The topological polar surface area (TPSA) is 75.3 Å². The lowest BCUT2D eigenvalue weighted by atomic mass is 9.86. The molecule has 0 aromatic heterocycles. The Morgan fingerprint density at radius 3 is 2.09 bits per heavy atom. The number of aryl methyl sites for hydroxylation is 1. The molecular weight excluding hydrogens is 456 g/mol. The Balaban J connectivity index is 1.71. The third-order valence-corrected chi connectivity index (χ3v) is 7.13. The molecule has 5 nitrogen and oxygen atoms in total. The summed E-state index contributed by atoms with van der Waals surface area (Å²) in [5.74, 6) is -0.333. The fourth-order valence-corrected chi connectivity index (χ4v) is 4.64. The van der Waals surface area contributed by atoms with Gasteiger partial charge in [0.2, 0.25) is 0 Å². The molecular formula is C26H29ClN2O3S. The summed E-state index contributed by atoms with van der Waals surface area (Å²) in [6, 6.07) is 18.9. The highest BCUT2D eigenvalue weighted by atomic mass is 35.5. The van der Waals surface area contributed by atoms with Gasteiger partial charge in [-0.2, -0.15) is 0 Å². The number of anilines is 1. The van der Waals surface area contributed by atoms with Crippen LogP contribution in [0.4, 0.5) is 5.69 Å². The largest absolute Gasteiger partial charge is 0.345 e. The van der Waals surface area contributed by atoms with Gasteiger partial charge in [0.25, 0.3) is 15.9 Å². The molecule has 1 amide bonds. The van der Waals surface area contributed by atoms with Gasteiger partial charge in [-0.15, -0.1) is 0 Å². The Kier molecular flexibility index (Phi) is 7.20. The molecule has 33 heavy (non-hydrogen) atoms. The first-order valence-electron chi connectivity index (χ1n) is 10.7. The molecule has 0 saturated heterocycles. The maximum Gasteiger partial charge on any atom is 0.261 e. The summed E-state index contributed by atoms with van der Waals surface area (Å²) < 4.78 is 27.7. The van der Waals surface area contributed by atoms with Crippen LogP contribution in [-0.2, 0) is 15.4 Å². The lowest BCUT2D eigenvalue weighted by molar-refractivity contribution is 0.0940. The van der Waals surface area contributed by atoms with Crippen LogP contribution < -0.4 is 10.0 Å². The first-order chi connectivity index (χ1) is 15.4. The van der Waals surface area contributed by atoms with E-state index in [1.54, 1.807) is 12.1 Å². The third-order valence-electron chi connectivity index (χ3n) is 5.42. The number of hydrogen-bond acceptors (Lipinski definition) is 3. The number of nitrogens with one attached hydrogen (secondary N) is 2. The van der Waals surface area contributed by atoms with Crippen molar-refractivity contribution in [1.29, 1.82) is 0 Å². The van der Waals surface area contributed by atoms with Crippen LogP contribution in [0.2, 0.25) is 5.02 Å². The molecule has 0 radical (unpaired) electrons. The maximum atomic E-state index is 12.8. The van der Waals surface area contributed by atoms with Crippen LogP contribution >= 0.6 is 11.6 Å². The number of carbonyl (C=O) groups excluding carboxylic acids is 1. The van der Waals surface area contributed by atoms with E-state index in [1.807, 2.05) is 26.0 Å². The van der Waals surface area contributed by atoms with E-state index < -0.39 is 10.0 Å². The van der Waals surface area contributed by atoms with Gasteiger partial charge in [-0.1, -0.05) is 74.3 Å². The molecule has 174 valence electrons. The average Bonchev–Trinajstić information content (AvgIpc) is 2.73. The SMILES string of the molecule is Cc1ccc(S(=O)(=O)Nc2ccc(C(=O)NC(C)c3ccc(C(C)(C)C)cc3)c(Cl)c2)cc1. The predicted octanol–water partition coefficient (Wildman–Crippen LogP) is 6.24. The van der Waals surface area contributed by atoms with Crippen molar-refractivity contribution in [2.45, 2.75) is 51.0 Å². The van der Waals surface area contributed by atoms with E-state index >= 15 is 0 Å². The normalized spacial score (nSPS) is 12.8. The smallest absolute Gasteiger partial charge is 0.261 e. The van der Waals surface area contributed by atoms with E-state index in [9.17, 15) is 13.2 Å². The Morgan fingerprint density at radius 1 is 0.939 bits per heavy atom. The highest BCUT2D eigenvalue weighted by molar-refractivity contribution is 7.92. The lowest BCUT2D eigenvalue weighted by Crippen LogP contribution is -2.27. The van der Waals surface area contributed by atoms with Crippen LogP contribution in [0.3, 0.4) is 0 Å². The first kappa shape index (κ1) is 24.8. The van der Waals surface area contributed by atoms with Gasteiger partial charge in [-0.05, 0) is 60.7 Å². The molecule has 0 heterocycles. The number of carbonyl (C=O) groups is 1. The van der Waals surface area contributed by atoms with Crippen molar-refractivity contribution in [1.82, 2.24) is 5.32 Å². The number of hydrogen-bond donors (Lipinski definition) is 2. The molecule has 1 unspecified atom stereocenters. The second kappa shape index (κ2) is 9.57. The van der Waals surface area contributed by atoms with Crippen molar-refractivity contribution in [2.24, 2.45) is 0 Å². The Hall–Kier alpha value is -2.83. The maximum absolute atomic E-state index is 12.8. The summed E-state index contributed by atoms with van der Waals surface area (Å²) in [7, 11) is -3.76. The second-order valence-corrected chi connectivity index (χ2v) is 11.3. The van der Waals surface area contributed by atoms with E-state index in [0.717, 1.165) is 11.1 Å². The average molecular weight is 485 g/mol. The van der Waals surface area contributed by atoms with Gasteiger partial charge in [0.1, 0.15) is 0 Å². The fourth-order valence-electron chi connectivity index (χ4n) is 3.32.